The molecule has 88 heavy (non-hydrogen) atoms. The summed E-state index contributed by atoms with van der Waals surface area (Å²) in [5.74, 6) is -4.55. The Kier molecular flexibility index (Phi) is 24.5. The second-order valence-corrected chi connectivity index (χ2v) is 22.6. The Bertz CT molecular complexity index is 3170. The van der Waals surface area contributed by atoms with E-state index in [9.17, 15) is 59.1 Å². The monoisotopic (exact) mass is 1230 g/mol. The molecule has 4 amide bonds. The second-order valence-electron chi connectivity index (χ2n) is 22.6. The van der Waals surface area contributed by atoms with E-state index in [4.69, 9.17) is 49.0 Å². The van der Waals surface area contributed by atoms with Crippen molar-refractivity contribution in [1.82, 2.24) is 25.1 Å². The predicted octanol–water partition coefficient (Wildman–Crippen LogP) is 0.788. The average molecular weight is 1230 g/mol. The molecule has 0 aliphatic carbocycles. The van der Waals surface area contributed by atoms with Gasteiger partial charge in [0.25, 0.3) is 5.56 Å². The van der Waals surface area contributed by atoms with Crippen molar-refractivity contribution in [2.24, 2.45) is 17.6 Å². The molecule has 1 fully saturated rings. The molecular weight excluding hydrogens is 1150 g/mol. The van der Waals surface area contributed by atoms with Crippen molar-refractivity contribution in [2.75, 3.05) is 71.3 Å². The van der Waals surface area contributed by atoms with E-state index in [0.29, 0.717) is 48.7 Å². The molecule has 0 spiro atoms. The number of esters is 1. The van der Waals surface area contributed by atoms with E-state index in [-0.39, 0.29) is 114 Å². The SMILES string of the molecule is CC[C@@]1(O)C(=O)OCc2c1cc1n(c2=O)Cc2c-1nc1ccccc1c2CCN(C(=O)OCc1ccc(NC(=O)[C@H](C)CC(=O)[C@@H](NC(=O)CC[C@H](N)C(=O)NCCOCCOCCOCCO)C(C)C)c(O[C@@H]2O[C@H](CO)[C@H](O)[C@H](O)[C@H]2O)c1)C(C)C. The zero-order chi connectivity index (χ0) is 64.0. The lowest BCUT2D eigenvalue weighted by atomic mass is 9.86. The van der Waals surface area contributed by atoms with Crippen LogP contribution in [0.1, 0.15) is 95.0 Å². The minimum atomic E-state index is -2.01. The molecule has 0 bridgehead atoms. The molecule has 3 aliphatic rings. The fraction of sp³-hybridized carbons (Fsp3) is 0.574. The molecular formula is C61H83N7O20. The van der Waals surface area contributed by atoms with Gasteiger partial charge in [0, 0.05) is 54.4 Å². The van der Waals surface area contributed by atoms with Gasteiger partial charge in [-0.25, -0.2) is 14.6 Å². The maximum atomic E-state index is 14.1. The van der Waals surface area contributed by atoms with Gasteiger partial charge >= 0.3 is 12.1 Å². The third-order valence-corrected chi connectivity index (χ3v) is 15.8. The highest BCUT2D eigenvalue weighted by Crippen LogP contribution is 2.41. The molecule has 1 saturated heterocycles. The molecule has 0 radical (unpaired) electrons. The number of pyridine rings is 2. The number of aromatic nitrogens is 2. The molecule has 27 heteroatoms. The quantitative estimate of drug-likeness (QED) is 0.0210. The van der Waals surface area contributed by atoms with Crippen LogP contribution in [0.25, 0.3) is 22.3 Å². The molecule has 27 nitrogen and oxygen atoms in total. The van der Waals surface area contributed by atoms with E-state index in [2.05, 4.69) is 16.0 Å². The van der Waals surface area contributed by atoms with Crippen LogP contribution >= 0.6 is 0 Å². The van der Waals surface area contributed by atoms with E-state index in [0.717, 1.165) is 16.5 Å². The largest absolute Gasteiger partial charge is 0.460 e. The van der Waals surface area contributed by atoms with Gasteiger partial charge in [0.2, 0.25) is 24.0 Å². The van der Waals surface area contributed by atoms with Crippen LogP contribution in [0, 0.1) is 11.8 Å². The number of amides is 4. The fourth-order valence-corrected chi connectivity index (χ4v) is 10.6. The number of hydrogen-bond acceptors (Lipinski definition) is 22. The number of ether oxygens (including phenoxy) is 7. The Hall–Kier alpha value is -7.02. The highest BCUT2D eigenvalue weighted by molar-refractivity contribution is 5.98. The number of para-hydroxylation sites is 1. The summed E-state index contributed by atoms with van der Waals surface area (Å²) in [5, 5.41) is 71.0. The molecule has 3 aliphatic heterocycles. The molecule has 2 aromatic carbocycles. The maximum absolute atomic E-state index is 14.1. The van der Waals surface area contributed by atoms with Crippen LogP contribution in [-0.4, -0.2) is 195 Å². The van der Waals surface area contributed by atoms with Crippen LogP contribution in [0.3, 0.4) is 0 Å². The number of carbonyl (C=O) groups excluding carboxylic acids is 6. The number of anilines is 1. The number of nitrogens with zero attached hydrogens (tertiary/aromatic N) is 3. The van der Waals surface area contributed by atoms with Crippen LogP contribution in [-0.2, 0) is 84.2 Å². The minimum absolute atomic E-state index is 0.00561. The van der Waals surface area contributed by atoms with Crippen LogP contribution in [0.2, 0.25) is 0 Å². The number of aliphatic hydroxyl groups is 6. The maximum Gasteiger partial charge on any atom is 0.410 e. The Morgan fingerprint density at radius 1 is 0.886 bits per heavy atom. The van der Waals surface area contributed by atoms with Crippen molar-refractivity contribution >= 4 is 52.2 Å². The summed E-state index contributed by atoms with van der Waals surface area (Å²) in [5.41, 5.74) is 7.44. The van der Waals surface area contributed by atoms with Crippen LogP contribution in [0.5, 0.6) is 5.75 Å². The number of aliphatic hydroxyl groups excluding tert-OH is 5. The van der Waals surface area contributed by atoms with E-state index in [1.54, 1.807) is 31.4 Å². The summed E-state index contributed by atoms with van der Waals surface area (Å²) in [7, 11) is 0. The standard InChI is InChI=1S/C61H83N7O20/c1-7-61(81)41-28-45-51-39(29-68(45)57(78)40(41)32-85-59(61)79)37(38-10-8-9-11-43(38)64-51)16-18-67(34(4)5)60(80)86-31-36-12-14-44(47(27-36)87-58-54(75)53(74)52(73)48(30-70)88-58)65-55(76)35(6)26-46(71)50(33(2)3)66-49(72)15-13-42(62)56(77)63-17-20-82-22-24-84-25-23-83-21-19-69/h8-12,14,27-28,33-35,42,48,50,52-54,58,69-70,73-75,81H,7,13,15-26,29-32,62H2,1-6H3,(H,63,77)(H,65,76)(H,66,72)/t35-,42+,48-,50+,52+,53+,54-,58-,61+/m1/s1. The predicted molar refractivity (Wildman–Crippen MR) is 315 cm³/mol. The van der Waals surface area contributed by atoms with Crippen molar-refractivity contribution in [3.05, 3.63) is 86.7 Å². The number of ketones is 1. The summed E-state index contributed by atoms with van der Waals surface area (Å²) in [6, 6.07) is 11.0. The number of nitrogens with two attached hydrogens (primary N) is 1. The molecule has 5 heterocycles. The minimum Gasteiger partial charge on any atom is -0.460 e. The topological polar surface area (TPSA) is 389 Å². The normalized spacial score (nSPS) is 20.5. The molecule has 9 atom stereocenters. The van der Waals surface area contributed by atoms with Gasteiger partial charge in [0.1, 0.15) is 43.4 Å². The Labute approximate surface area is 508 Å². The number of cyclic esters (lactones) is 1. The molecule has 0 unspecified atom stereocenters. The van der Waals surface area contributed by atoms with Crippen LogP contribution in [0.15, 0.2) is 53.3 Å². The van der Waals surface area contributed by atoms with Gasteiger partial charge in [-0.1, -0.05) is 52.0 Å². The van der Waals surface area contributed by atoms with Gasteiger partial charge in [-0.15, -0.1) is 0 Å². The average Bonchev–Trinajstić information content (AvgIpc) is 1.68. The Balaban J connectivity index is 0.988. The summed E-state index contributed by atoms with van der Waals surface area (Å²) >= 11 is 0. The van der Waals surface area contributed by atoms with Crippen molar-refractivity contribution in [3.8, 4) is 17.1 Å². The fourth-order valence-electron chi connectivity index (χ4n) is 10.6. The number of nitrogens with one attached hydrogen (secondary N) is 3. The lowest BCUT2D eigenvalue weighted by Gasteiger charge is -2.39. The second kappa shape index (κ2) is 31.4. The first-order valence-electron chi connectivity index (χ1n) is 29.6. The first-order valence-corrected chi connectivity index (χ1v) is 29.6. The molecule has 4 aromatic rings. The summed E-state index contributed by atoms with van der Waals surface area (Å²) in [6.45, 7) is 10.9. The van der Waals surface area contributed by atoms with Crippen LogP contribution in [0.4, 0.5) is 10.5 Å². The van der Waals surface area contributed by atoms with E-state index in [1.807, 2.05) is 38.1 Å². The third-order valence-electron chi connectivity index (χ3n) is 15.8. The number of Topliss-reactive ketones (excluding diaryl/α,β-unsaturated/α-hetero) is 1. The third kappa shape index (κ3) is 16.4. The van der Waals surface area contributed by atoms with Crippen molar-refractivity contribution in [2.45, 2.75) is 148 Å². The van der Waals surface area contributed by atoms with E-state index >= 15 is 0 Å². The lowest BCUT2D eigenvalue weighted by Crippen LogP contribution is -2.60. The van der Waals surface area contributed by atoms with Gasteiger partial charge in [0.05, 0.1) is 99.6 Å². The first-order chi connectivity index (χ1) is 42.0. The zero-order valence-corrected chi connectivity index (χ0v) is 50.4. The number of hydrogen-bond donors (Lipinski definition) is 10. The smallest absolute Gasteiger partial charge is 0.410 e. The van der Waals surface area contributed by atoms with E-state index < -0.39 is 108 Å². The van der Waals surface area contributed by atoms with Gasteiger partial charge in [-0.05, 0) is 74.4 Å². The van der Waals surface area contributed by atoms with Crippen molar-refractivity contribution in [3.63, 3.8) is 0 Å². The number of rotatable bonds is 32. The van der Waals surface area contributed by atoms with Crippen molar-refractivity contribution < 1.29 is 92.6 Å². The molecule has 2 aromatic heterocycles. The number of fused-ring (bicyclic) bond motifs is 5. The van der Waals surface area contributed by atoms with Crippen molar-refractivity contribution in [1.29, 1.82) is 0 Å². The molecule has 11 N–H and O–H groups in total. The van der Waals surface area contributed by atoms with Gasteiger partial charge in [0.15, 0.2) is 11.4 Å². The van der Waals surface area contributed by atoms with E-state index in [1.165, 1.54) is 30.0 Å². The lowest BCUT2D eigenvalue weighted by molar-refractivity contribution is -0.277. The summed E-state index contributed by atoms with van der Waals surface area (Å²) in [4.78, 5) is 101. The first kappa shape index (κ1) is 68.5. The zero-order valence-electron chi connectivity index (χ0n) is 50.4. The highest BCUT2D eigenvalue weighted by Gasteiger charge is 2.47. The summed E-state index contributed by atoms with van der Waals surface area (Å²) in [6.07, 6.45) is -9.40. The van der Waals surface area contributed by atoms with Gasteiger partial charge < -0.3 is 94.9 Å². The van der Waals surface area contributed by atoms with Gasteiger partial charge in [-0.2, -0.15) is 0 Å². The molecule has 0 saturated carbocycles. The highest BCUT2D eigenvalue weighted by atomic mass is 16.7. The number of carbonyl (C=O) groups is 6. The molecule has 7 rings (SSSR count). The number of benzene rings is 2. The summed E-state index contributed by atoms with van der Waals surface area (Å²) < 4.78 is 40.3. The Morgan fingerprint density at radius 2 is 1.59 bits per heavy atom. The molecule has 482 valence electrons. The Morgan fingerprint density at radius 3 is 2.27 bits per heavy atom. The van der Waals surface area contributed by atoms with Crippen LogP contribution < -0.4 is 32.0 Å². The van der Waals surface area contributed by atoms with Gasteiger partial charge in [-0.3, -0.25) is 24.0 Å².